The Hall–Kier alpha value is 0.230. The molecule has 0 radical (unpaired) electrons. The number of rotatable bonds is 0. The van der Waals surface area contributed by atoms with Gasteiger partial charge >= 0.3 is 0 Å². The van der Waals surface area contributed by atoms with E-state index < -0.39 is 0 Å². The van der Waals surface area contributed by atoms with Crippen LogP contribution in [0.15, 0.2) is 0 Å². The molecule has 0 amide bonds. The topological polar surface area (TPSA) is 55.5 Å². The standard InChI is InChI=1S/C3H9N.C3H8O.C3H8.C2H6O.C2H6S/c2*1-3(2)4;3*1-3-2/h3H,4H2,1-2H3;3-4H,1-2H3;3H2,1-2H3;2*1-2H3. The molecule has 0 fully saturated rings. The largest absolute Gasteiger partial charge is 0.394 e. The Morgan fingerprint density at radius 2 is 1.06 bits per heavy atom. The Morgan fingerprint density at radius 1 is 1.06 bits per heavy atom. The van der Waals surface area contributed by atoms with Crippen LogP contribution in [-0.4, -0.2) is 44.0 Å². The quantitative estimate of drug-likeness (QED) is 0.709. The molecule has 0 saturated heterocycles. The Kier molecular flexibility index (Phi) is 78.9. The van der Waals surface area contributed by atoms with Crippen LogP contribution in [-0.2, 0) is 4.74 Å². The lowest BCUT2D eigenvalue weighted by Crippen LogP contribution is -2.06. The predicted molar refractivity (Wildman–Crippen MR) is 85.0 cm³/mol. The summed E-state index contributed by atoms with van der Waals surface area (Å²) in [5.74, 6) is 0. The summed E-state index contributed by atoms with van der Waals surface area (Å²) in [7, 11) is 3.25. The van der Waals surface area contributed by atoms with Crippen molar-refractivity contribution in [2.24, 2.45) is 5.73 Å². The lowest BCUT2D eigenvalue weighted by atomic mass is 10.5. The second-order valence-corrected chi connectivity index (χ2v) is 4.68. The van der Waals surface area contributed by atoms with Crippen LogP contribution < -0.4 is 5.73 Å². The number of hydrogen-bond donors (Lipinski definition) is 2. The van der Waals surface area contributed by atoms with Crippen LogP contribution >= 0.6 is 11.8 Å². The van der Waals surface area contributed by atoms with Gasteiger partial charge in [0.1, 0.15) is 0 Å². The van der Waals surface area contributed by atoms with Gasteiger partial charge in [0.15, 0.2) is 0 Å². The second kappa shape index (κ2) is 44.2. The molecule has 0 heterocycles. The Bertz CT molecular complexity index is 56.2. The third kappa shape index (κ3) is 62100. The molecule has 112 valence electrons. The van der Waals surface area contributed by atoms with Crippen LogP contribution in [0.3, 0.4) is 0 Å². The highest BCUT2D eigenvalue weighted by atomic mass is 32.2. The first kappa shape index (κ1) is 30.3. The van der Waals surface area contributed by atoms with Crippen molar-refractivity contribution in [1.82, 2.24) is 0 Å². The Labute approximate surface area is 115 Å². The monoisotopic (exact) mass is 271 g/mol. The molecule has 3 nitrogen and oxygen atoms in total. The van der Waals surface area contributed by atoms with Gasteiger partial charge in [0.25, 0.3) is 0 Å². The summed E-state index contributed by atoms with van der Waals surface area (Å²) in [6.07, 6.45) is 5.17. The van der Waals surface area contributed by atoms with Gasteiger partial charge in [0.05, 0.1) is 0 Å². The maximum Gasteiger partial charge on any atom is 0.0483 e. The number of aliphatic hydroxyl groups is 1. The molecule has 0 atom stereocenters. The van der Waals surface area contributed by atoms with Gasteiger partial charge in [-0.05, 0) is 32.4 Å². The van der Waals surface area contributed by atoms with Gasteiger partial charge in [-0.15, -0.1) is 0 Å². The van der Waals surface area contributed by atoms with E-state index in [1.54, 1.807) is 39.8 Å². The lowest BCUT2D eigenvalue weighted by Gasteiger charge is -1.81. The molecule has 0 saturated carbocycles. The minimum absolute atomic E-state index is 0.167. The fraction of sp³-hybridized carbons (Fsp3) is 1.00. The Morgan fingerprint density at radius 3 is 1.06 bits per heavy atom. The van der Waals surface area contributed by atoms with Gasteiger partial charge in [-0.1, -0.05) is 34.1 Å². The fourth-order valence-corrected chi connectivity index (χ4v) is 0. The van der Waals surface area contributed by atoms with E-state index in [0.717, 1.165) is 0 Å². The van der Waals surface area contributed by atoms with E-state index in [4.69, 9.17) is 10.8 Å². The van der Waals surface area contributed by atoms with E-state index in [9.17, 15) is 0 Å². The molecular formula is C13H37NO2S. The number of methoxy groups -OCH3 is 1. The predicted octanol–water partition coefficient (Wildman–Crippen LogP) is 3.40. The molecule has 4 heteroatoms. The molecule has 0 spiro atoms. The molecule has 17 heavy (non-hydrogen) atoms. The molecule has 0 aliphatic carbocycles. The molecule has 0 aromatic heterocycles. The summed E-state index contributed by atoms with van der Waals surface area (Å²) in [4.78, 5) is 0. The third-order valence-electron chi connectivity index (χ3n) is 0. The molecule has 0 rings (SSSR count). The van der Waals surface area contributed by atoms with E-state index in [0.29, 0.717) is 6.04 Å². The van der Waals surface area contributed by atoms with Crippen LogP contribution in [0.4, 0.5) is 0 Å². The zero-order valence-electron chi connectivity index (χ0n) is 13.7. The fourth-order valence-electron chi connectivity index (χ4n) is 0. The minimum Gasteiger partial charge on any atom is -0.394 e. The smallest absolute Gasteiger partial charge is 0.0483 e. The number of hydrogen-bond acceptors (Lipinski definition) is 4. The van der Waals surface area contributed by atoms with E-state index in [2.05, 4.69) is 18.6 Å². The highest BCUT2D eigenvalue weighted by Gasteiger charge is 1.69. The molecule has 0 unspecified atom stereocenters. The summed E-state index contributed by atoms with van der Waals surface area (Å²) in [6, 6.07) is 0.333. The van der Waals surface area contributed by atoms with Crippen molar-refractivity contribution in [2.75, 3.05) is 26.7 Å². The zero-order chi connectivity index (χ0) is 15.3. The van der Waals surface area contributed by atoms with Crippen molar-refractivity contribution >= 4 is 11.8 Å². The van der Waals surface area contributed by atoms with Gasteiger partial charge in [0.2, 0.25) is 0 Å². The van der Waals surface area contributed by atoms with Crippen LogP contribution in [0.25, 0.3) is 0 Å². The summed E-state index contributed by atoms with van der Waals surface area (Å²) >= 11 is 1.75. The molecular weight excluding hydrogens is 234 g/mol. The molecule has 0 aromatic carbocycles. The van der Waals surface area contributed by atoms with E-state index in [-0.39, 0.29) is 6.10 Å². The zero-order valence-corrected chi connectivity index (χ0v) is 14.5. The van der Waals surface area contributed by atoms with Crippen molar-refractivity contribution in [3.05, 3.63) is 0 Å². The van der Waals surface area contributed by atoms with Crippen molar-refractivity contribution < 1.29 is 9.84 Å². The molecule has 0 aromatic rings. The molecule has 0 aliphatic rings. The van der Waals surface area contributed by atoms with Crippen molar-refractivity contribution in [3.63, 3.8) is 0 Å². The van der Waals surface area contributed by atoms with Crippen LogP contribution in [0.1, 0.15) is 48.0 Å². The highest BCUT2D eigenvalue weighted by Crippen LogP contribution is 1.70. The van der Waals surface area contributed by atoms with E-state index in [1.165, 1.54) is 6.42 Å². The summed E-state index contributed by atoms with van der Waals surface area (Å²) in [6.45, 7) is 11.6. The minimum atomic E-state index is -0.167. The maximum atomic E-state index is 8.06. The third-order valence-corrected chi connectivity index (χ3v) is 0. The summed E-state index contributed by atoms with van der Waals surface area (Å²) in [5.41, 5.74) is 5.11. The number of ether oxygens (including phenoxy) is 1. The normalized spacial score (nSPS) is 7.41. The van der Waals surface area contributed by atoms with Crippen LogP contribution in [0.2, 0.25) is 0 Å². The molecule has 0 bridgehead atoms. The van der Waals surface area contributed by atoms with Gasteiger partial charge in [-0.2, -0.15) is 11.8 Å². The first-order chi connectivity index (χ1) is 7.71. The first-order valence-electron chi connectivity index (χ1n) is 5.95. The second-order valence-electron chi connectivity index (χ2n) is 3.86. The van der Waals surface area contributed by atoms with Crippen LogP contribution in [0, 0.1) is 0 Å². The first-order valence-corrected chi connectivity index (χ1v) is 7.58. The van der Waals surface area contributed by atoms with Gasteiger partial charge < -0.3 is 15.6 Å². The average Bonchev–Trinajstić information content (AvgIpc) is 2.03. The number of nitrogens with two attached hydrogens (primary N) is 1. The van der Waals surface area contributed by atoms with E-state index in [1.807, 2.05) is 26.4 Å². The summed E-state index contributed by atoms with van der Waals surface area (Å²) in [5, 5.41) is 8.06. The van der Waals surface area contributed by atoms with Crippen molar-refractivity contribution in [1.29, 1.82) is 0 Å². The Balaban J connectivity index is -0.0000000356. The van der Waals surface area contributed by atoms with Crippen molar-refractivity contribution in [2.45, 2.75) is 60.1 Å². The van der Waals surface area contributed by atoms with E-state index >= 15 is 0 Å². The lowest BCUT2D eigenvalue weighted by molar-refractivity contribution is 0.216. The SMILES string of the molecule is CC(C)N.CC(C)O.CCC.COC.CSC. The maximum absolute atomic E-state index is 8.06. The molecule has 0 aliphatic heterocycles. The number of aliphatic hydroxyl groups excluding tert-OH is 1. The van der Waals surface area contributed by atoms with Crippen molar-refractivity contribution in [3.8, 4) is 0 Å². The average molecular weight is 272 g/mol. The number of thioether (sulfide) groups is 1. The molecule has 3 N–H and O–H groups in total. The summed E-state index contributed by atoms with van der Waals surface area (Å²) < 4.78 is 4.25. The van der Waals surface area contributed by atoms with Crippen LogP contribution in [0.5, 0.6) is 0 Å². The van der Waals surface area contributed by atoms with Gasteiger partial charge in [-0.3, -0.25) is 0 Å². The highest BCUT2D eigenvalue weighted by molar-refractivity contribution is 7.97. The van der Waals surface area contributed by atoms with Gasteiger partial charge in [0, 0.05) is 20.3 Å². The van der Waals surface area contributed by atoms with Gasteiger partial charge in [-0.25, -0.2) is 0 Å².